The first kappa shape index (κ1) is 15.5. The van der Waals surface area contributed by atoms with E-state index in [2.05, 4.69) is 61.4 Å². The van der Waals surface area contributed by atoms with Crippen LogP contribution in [0.25, 0.3) is 0 Å². The van der Waals surface area contributed by atoms with Crippen molar-refractivity contribution in [1.82, 2.24) is 10.2 Å². The number of hydrogen-bond acceptors (Lipinski definition) is 2. The van der Waals surface area contributed by atoms with E-state index >= 15 is 0 Å². The van der Waals surface area contributed by atoms with E-state index in [4.69, 9.17) is 0 Å². The molecule has 2 heteroatoms. The largest absolute Gasteiger partial charge is 0.308 e. The van der Waals surface area contributed by atoms with Gasteiger partial charge in [-0.15, -0.1) is 0 Å². The smallest absolute Gasteiger partial charge is 0.0323 e. The predicted molar refractivity (Wildman–Crippen MR) is 86.9 cm³/mol. The molecule has 0 bridgehead atoms. The Labute approximate surface area is 124 Å². The van der Waals surface area contributed by atoms with Crippen LogP contribution in [0.15, 0.2) is 30.3 Å². The molecule has 0 aromatic heterocycles. The lowest BCUT2D eigenvalue weighted by atomic mass is 9.96. The first-order valence-electron chi connectivity index (χ1n) is 8.15. The number of nitrogens with one attached hydrogen (secondary N) is 1. The fraction of sp³-hybridized carbons (Fsp3) is 0.667. The highest BCUT2D eigenvalue weighted by molar-refractivity contribution is 5.19. The molecule has 1 aromatic carbocycles. The standard InChI is InChI=1S/C18H30N2/c1-15(2)13-18(16-9-5-4-6-10-16)19-14-17-11-7-8-12-20(17)3/h4-6,9-10,15,17-19H,7-8,11-14H2,1-3H3. The van der Waals surface area contributed by atoms with Crippen LogP contribution in [0.4, 0.5) is 0 Å². The van der Waals surface area contributed by atoms with Gasteiger partial charge in [0.05, 0.1) is 0 Å². The van der Waals surface area contributed by atoms with E-state index in [9.17, 15) is 0 Å². The van der Waals surface area contributed by atoms with Gasteiger partial charge in [-0.05, 0) is 44.3 Å². The Kier molecular flexibility index (Phi) is 6.06. The summed E-state index contributed by atoms with van der Waals surface area (Å²) in [5, 5.41) is 3.83. The van der Waals surface area contributed by atoms with Gasteiger partial charge in [-0.2, -0.15) is 0 Å². The zero-order valence-corrected chi connectivity index (χ0v) is 13.3. The van der Waals surface area contributed by atoms with Crippen LogP contribution < -0.4 is 5.32 Å². The Morgan fingerprint density at radius 3 is 2.60 bits per heavy atom. The van der Waals surface area contributed by atoms with Crippen LogP contribution in [0.1, 0.15) is 51.1 Å². The van der Waals surface area contributed by atoms with Gasteiger partial charge in [0.15, 0.2) is 0 Å². The molecule has 2 nitrogen and oxygen atoms in total. The Hall–Kier alpha value is -0.860. The van der Waals surface area contributed by atoms with Crippen molar-refractivity contribution in [3.63, 3.8) is 0 Å². The molecule has 1 N–H and O–H groups in total. The number of nitrogens with zero attached hydrogens (tertiary/aromatic N) is 1. The lowest BCUT2D eigenvalue weighted by molar-refractivity contribution is 0.176. The molecule has 1 aliphatic rings. The highest BCUT2D eigenvalue weighted by Crippen LogP contribution is 2.22. The van der Waals surface area contributed by atoms with Crippen LogP contribution in [0.5, 0.6) is 0 Å². The average Bonchev–Trinajstić information content (AvgIpc) is 2.45. The molecule has 2 rings (SSSR count). The summed E-state index contributed by atoms with van der Waals surface area (Å²) in [6, 6.07) is 12.1. The summed E-state index contributed by atoms with van der Waals surface area (Å²) in [5.41, 5.74) is 1.43. The first-order chi connectivity index (χ1) is 9.66. The van der Waals surface area contributed by atoms with E-state index in [1.807, 2.05) is 0 Å². The van der Waals surface area contributed by atoms with Crippen LogP contribution in [0.3, 0.4) is 0 Å². The van der Waals surface area contributed by atoms with Gasteiger partial charge in [0.2, 0.25) is 0 Å². The Bertz CT molecular complexity index is 374. The van der Waals surface area contributed by atoms with E-state index in [-0.39, 0.29) is 0 Å². The van der Waals surface area contributed by atoms with Crippen LogP contribution in [0.2, 0.25) is 0 Å². The number of piperidine rings is 1. The molecule has 112 valence electrons. The van der Waals surface area contributed by atoms with E-state index in [1.165, 1.54) is 37.8 Å². The summed E-state index contributed by atoms with van der Waals surface area (Å²) in [6.45, 7) is 6.99. The molecule has 1 aliphatic heterocycles. The van der Waals surface area contributed by atoms with E-state index < -0.39 is 0 Å². The molecule has 1 heterocycles. The van der Waals surface area contributed by atoms with Crippen molar-refractivity contribution < 1.29 is 0 Å². The zero-order chi connectivity index (χ0) is 14.4. The van der Waals surface area contributed by atoms with Gasteiger partial charge < -0.3 is 10.2 Å². The number of benzene rings is 1. The summed E-state index contributed by atoms with van der Waals surface area (Å²) in [4.78, 5) is 2.52. The topological polar surface area (TPSA) is 15.3 Å². The minimum atomic E-state index is 0.492. The van der Waals surface area contributed by atoms with Gasteiger partial charge in [0.25, 0.3) is 0 Å². The minimum absolute atomic E-state index is 0.492. The molecule has 0 radical (unpaired) electrons. The van der Waals surface area contributed by atoms with E-state index in [0.29, 0.717) is 12.1 Å². The molecule has 0 amide bonds. The highest BCUT2D eigenvalue weighted by Gasteiger charge is 2.20. The fourth-order valence-electron chi connectivity index (χ4n) is 3.17. The maximum atomic E-state index is 3.83. The second-order valence-corrected chi connectivity index (χ2v) is 6.63. The molecule has 1 saturated heterocycles. The SMILES string of the molecule is CC(C)CC(NCC1CCCCN1C)c1ccccc1. The molecular formula is C18H30N2. The van der Waals surface area contributed by atoms with Crippen LogP contribution >= 0.6 is 0 Å². The van der Waals surface area contributed by atoms with Gasteiger partial charge in [0.1, 0.15) is 0 Å². The summed E-state index contributed by atoms with van der Waals surface area (Å²) in [7, 11) is 2.27. The van der Waals surface area contributed by atoms with Gasteiger partial charge >= 0.3 is 0 Å². The summed E-state index contributed by atoms with van der Waals surface area (Å²) >= 11 is 0. The van der Waals surface area contributed by atoms with E-state index in [0.717, 1.165) is 12.5 Å². The third kappa shape index (κ3) is 4.60. The maximum Gasteiger partial charge on any atom is 0.0323 e. The van der Waals surface area contributed by atoms with Gasteiger partial charge in [0, 0.05) is 18.6 Å². The predicted octanol–water partition coefficient (Wildman–Crippen LogP) is 3.85. The third-order valence-corrected chi connectivity index (χ3v) is 4.43. The second kappa shape index (κ2) is 7.80. The lowest BCUT2D eigenvalue weighted by Crippen LogP contribution is -2.44. The van der Waals surface area contributed by atoms with Crippen molar-refractivity contribution in [2.24, 2.45) is 5.92 Å². The number of likely N-dealkylation sites (tertiary alicyclic amines) is 1. The Morgan fingerprint density at radius 1 is 1.20 bits per heavy atom. The molecule has 1 fully saturated rings. The van der Waals surface area contributed by atoms with Crippen molar-refractivity contribution in [3.8, 4) is 0 Å². The highest BCUT2D eigenvalue weighted by atomic mass is 15.2. The average molecular weight is 274 g/mol. The fourth-order valence-corrected chi connectivity index (χ4v) is 3.17. The van der Waals surface area contributed by atoms with Crippen molar-refractivity contribution in [3.05, 3.63) is 35.9 Å². The zero-order valence-electron chi connectivity index (χ0n) is 13.3. The van der Waals surface area contributed by atoms with Crippen molar-refractivity contribution in [2.45, 2.75) is 51.6 Å². The van der Waals surface area contributed by atoms with Crippen LogP contribution in [-0.2, 0) is 0 Å². The molecule has 2 unspecified atom stereocenters. The summed E-state index contributed by atoms with van der Waals surface area (Å²) < 4.78 is 0. The molecule has 20 heavy (non-hydrogen) atoms. The van der Waals surface area contributed by atoms with Crippen LogP contribution in [0, 0.1) is 5.92 Å². The van der Waals surface area contributed by atoms with Crippen molar-refractivity contribution in [1.29, 1.82) is 0 Å². The lowest BCUT2D eigenvalue weighted by Gasteiger charge is -2.34. The molecule has 0 aliphatic carbocycles. The van der Waals surface area contributed by atoms with Crippen molar-refractivity contribution >= 4 is 0 Å². The van der Waals surface area contributed by atoms with Gasteiger partial charge in [-0.3, -0.25) is 0 Å². The number of rotatable bonds is 6. The Balaban J connectivity index is 1.94. The summed E-state index contributed by atoms with van der Waals surface area (Å²) in [5.74, 6) is 0.719. The first-order valence-corrected chi connectivity index (χ1v) is 8.15. The van der Waals surface area contributed by atoms with Crippen LogP contribution in [-0.4, -0.2) is 31.1 Å². The Morgan fingerprint density at radius 2 is 1.95 bits per heavy atom. The number of likely N-dealkylation sites (N-methyl/N-ethyl adjacent to an activating group) is 1. The second-order valence-electron chi connectivity index (χ2n) is 6.63. The monoisotopic (exact) mass is 274 g/mol. The van der Waals surface area contributed by atoms with E-state index in [1.54, 1.807) is 0 Å². The normalized spacial score (nSPS) is 22.1. The molecule has 1 aromatic rings. The quantitative estimate of drug-likeness (QED) is 0.847. The summed E-state index contributed by atoms with van der Waals surface area (Å²) in [6.07, 6.45) is 5.30. The minimum Gasteiger partial charge on any atom is -0.308 e. The maximum absolute atomic E-state index is 3.83. The molecule has 2 atom stereocenters. The van der Waals surface area contributed by atoms with Gasteiger partial charge in [-0.25, -0.2) is 0 Å². The number of hydrogen-bond donors (Lipinski definition) is 1. The third-order valence-electron chi connectivity index (χ3n) is 4.43. The molecule has 0 spiro atoms. The molecule has 0 saturated carbocycles. The van der Waals surface area contributed by atoms with Crippen molar-refractivity contribution in [2.75, 3.05) is 20.1 Å². The molecular weight excluding hydrogens is 244 g/mol. The van der Waals surface area contributed by atoms with Gasteiger partial charge in [-0.1, -0.05) is 50.6 Å².